The number of fused-ring (bicyclic) bond motifs is 5. The molecule has 3 aliphatic rings. The Balaban J connectivity index is 1.59. The Labute approximate surface area is 203 Å². The number of nitrogens with zero attached hydrogens (tertiary/aromatic N) is 1. The molecule has 4 N–H and O–H groups in total. The maximum absolute atomic E-state index is 14.2. The third-order valence-electron chi connectivity index (χ3n) is 8.21. The molecule has 1 heterocycles. The largest absolute Gasteiger partial charge is 0.399 e. The summed E-state index contributed by atoms with van der Waals surface area (Å²) in [6, 6.07) is 16.9. The third kappa shape index (κ3) is 2.96. The van der Waals surface area contributed by atoms with Gasteiger partial charge in [0.25, 0.3) is 0 Å². The fourth-order valence-corrected chi connectivity index (χ4v) is 6.88. The molecule has 3 aromatic rings. The van der Waals surface area contributed by atoms with Crippen molar-refractivity contribution in [3.8, 4) is 11.1 Å². The molecule has 2 aliphatic carbocycles. The fraction of sp³-hybridized carbons (Fsp3) is 0.321. The minimum absolute atomic E-state index is 0.119. The first kappa shape index (κ1) is 21.6. The number of hydrogen-bond donors (Lipinski definition) is 2. The first-order valence-electron chi connectivity index (χ1n) is 11.7. The maximum Gasteiger partial charge on any atom is 0.127 e. The quantitative estimate of drug-likeness (QED) is 0.458. The lowest BCUT2D eigenvalue weighted by Gasteiger charge is -2.47. The summed E-state index contributed by atoms with van der Waals surface area (Å²) in [5.41, 5.74) is 18.9. The number of aliphatic imine (C=N–C) groups is 1. The summed E-state index contributed by atoms with van der Waals surface area (Å²) >= 11 is 6.18. The van der Waals surface area contributed by atoms with E-state index < -0.39 is 5.54 Å². The Hall–Kier alpha value is -2.89. The Kier molecular flexibility index (Phi) is 4.81. The molecule has 174 valence electrons. The number of hydrogen-bond acceptors (Lipinski definition) is 4. The molecule has 0 radical (unpaired) electrons. The van der Waals surface area contributed by atoms with Gasteiger partial charge in [-0.1, -0.05) is 23.7 Å². The lowest BCUT2D eigenvalue weighted by Crippen LogP contribution is -2.45. The van der Waals surface area contributed by atoms with Crippen LogP contribution in [-0.2, 0) is 16.7 Å². The predicted octanol–water partition coefficient (Wildman–Crippen LogP) is 5.82. The highest BCUT2D eigenvalue weighted by Crippen LogP contribution is 2.65. The fourth-order valence-electron chi connectivity index (χ4n) is 6.66. The van der Waals surface area contributed by atoms with E-state index in [0.717, 1.165) is 59.9 Å². The van der Waals surface area contributed by atoms with Crippen molar-refractivity contribution in [3.63, 3.8) is 0 Å². The second-order valence-corrected chi connectivity index (χ2v) is 10.4. The van der Waals surface area contributed by atoms with Crippen LogP contribution in [0.25, 0.3) is 11.1 Å². The summed E-state index contributed by atoms with van der Waals surface area (Å²) < 4.78 is 19.9. The van der Waals surface area contributed by atoms with Gasteiger partial charge in [-0.25, -0.2) is 4.39 Å². The van der Waals surface area contributed by atoms with E-state index in [4.69, 9.17) is 32.8 Å². The second-order valence-electron chi connectivity index (χ2n) is 9.93. The van der Waals surface area contributed by atoms with Gasteiger partial charge in [-0.2, -0.15) is 0 Å². The topological polar surface area (TPSA) is 73.6 Å². The minimum Gasteiger partial charge on any atom is -0.399 e. The van der Waals surface area contributed by atoms with Crippen molar-refractivity contribution in [2.24, 2.45) is 16.1 Å². The van der Waals surface area contributed by atoms with Gasteiger partial charge in [0, 0.05) is 28.8 Å². The number of rotatable bonds is 2. The third-order valence-corrected chi connectivity index (χ3v) is 8.43. The Morgan fingerprint density at radius 1 is 0.971 bits per heavy atom. The van der Waals surface area contributed by atoms with Crippen LogP contribution in [0.3, 0.4) is 0 Å². The van der Waals surface area contributed by atoms with Gasteiger partial charge in [-0.15, -0.1) is 0 Å². The zero-order chi connectivity index (χ0) is 23.7. The highest BCUT2D eigenvalue weighted by atomic mass is 35.5. The summed E-state index contributed by atoms with van der Waals surface area (Å²) in [6.07, 6.45) is 5.09. The molecule has 1 aliphatic heterocycles. The Morgan fingerprint density at radius 2 is 1.76 bits per heavy atom. The van der Waals surface area contributed by atoms with Crippen LogP contribution < -0.4 is 11.5 Å². The molecule has 1 unspecified atom stereocenters. The molecule has 0 saturated heterocycles. The molecule has 4 nitrogen and oxygen atoms in total. The van der Waals surface area contributed by atoms with Crippen LogP contribution in [0.4, 0.5) is 10.1 Å². The van der Waals surface area contributed by atoms with Crippen LogP contribution >= 0.6 is 11.6 Å². The molecule has 34 heavy (non-hydrogen) atoms. The van der Waals surface area contributed by atoms with E-state index >= 15 is 0 Å². The minimum atomic E-state index is -0.622. The van der Waals surface area contributed by atoms with Crippen LogP contribution in [0.1, 0.15) is 47.9 Å². The molecule has 0 amide bonds. The Morgan fingerprint density at radius 3 is 2.50 bits per heavy atom. The van der Waals surface area contributed by atoms with Crippen molar-refractivity contribution in [2.45, 2.75) is 43.7 Å². The zero-order valence-electron chi connectivity index (χ0n) is 19.1. The smallest absolute Gasteiger partial charge is 0.127 e. The number of halogens is 2. The van der Waals surface area contributed by atoms with Crippen LogP contribution in [0.15, 0.2) is 59.6 Å². The standard InChI is InChI=1S/C28H27ClFN3O/c1-34-22-6-8-27(9-7-22)15-17-3-2-16(18-10-19(29)13-20(30)11-18)12-24(17)28(27)25-14-21(31)4-5-23(25)26(32)33-28/h2-5,10-14,22H,6-9,15,31H2,1H3,(H2,32,33). The second kappa shape index (κ2) is 7.56. The first-order valence-corrected chi connectivity index (χ1v) is 12.1. The summed E-state index contributed by atoms with van der Waals surface area (Å²) in [4.78, 5) is 5.27. The van der Waals surface area contributed by atoms with Gasteiger partial charge < -0.3 is 16.2 Å². The first-order chi connectivity index (χ1) is 16.3. The van der Waals surface area contributed by atoms with E-state index in [1.807, 2.05) is 18.2 Å². The van der Waals surface area contributed by atoms with Crippen LogP contribution in [-0.4, -0.2) is 19.0 Å². The van der Waals surface area contributed by atoms with Crippen LogP contribution in [0, 0.1) is 11.2 Å². The SMILES string of the molecule is COC1CCC2(CC1)Cc1ccc(-c3cc(F)cc(Cl)c3)cc1C21N=C(N)c2ccc(N)cc21. The molecule has 6 rings (SSSR count). The molecule has 1 saturated carbocycles. The van der Waals surface area contributed by atoms with E-state index in [-0.39, 0.29) is 17.3 Å². The monoisotopic (exact) mass is 475 g/mol. The van der Waals surface area contributed by atoms with Gasteiger partial charge in [0.15, 0.2) is 0 Å². The van der Waals surface area contributed by atoms with Gasteiger partial charge >= 0.3 is 0 Å². The molecule has 1 atom stereocenters. The van der Waals surface area contributed by atoms with E-state index in [0.29, 0.717) is 16.5 Å². The zero-order valence-corrected chi connectivity index (χ0v) is 19.8. The van der Waals surface area contributed by atoms with E-state index in [2.05, 4.69) is 18.2 Å². The van der Waals surface area contributed by atoms with E-state index in [1.165, 1.54) is 17.7 Å². The lowest BCUT2D eigenvalue weighted by molar-refractivity contribution is 0.00686. The number of anilines is 1. The average molecular weight is 476 g/mol. The summed E-state index contributed by atoms with van der Waals surface area (Å²) in [6.45, 7) is 0. The highest BCUT2D eigenvalue weighted by molar-refractivity contribution is 6.30. The van der Waals surface area contributed by atoms with Crippen LogP contribution in [0.2, 0.25) is 5.02 Å². The molecular weight excluding hydrogens is 449 g/mol. The van der Waals surface area contributed by atoms with Crippen molar-refractivity contribution in [1.82, 2.24) is 0 Å². The van der Waals surface area contributed by atoms with Gasteiger partial charge in [0.1, 0.15) is 17.2 Å². The summed E-state index contributed by atoms with van der Waals surface area (Å²) in [7, 11) is 1.79. The number of nitrogen functional groups attached to an aromatic ring is 1. The number of amidine groups is 1. The maximum atomic E-state index is 14.2. The number of nitrogens with two attached hydrogens (primary N) is 2. The van der Waals surface area contributed by atoms with E-state index in [9.17, 15) is 4.39 Å². The normalized spacial score (nSPS) is 27.1. The molecule has 6 heteroatoms. The van der Waals surface area contributed by atoms with Crippen molar-refractivity contribution >= 4 is 23.1 Å². The van der Waals surface area contributed by atoms with Gasteiger partial charge in [0.2, 0.25) is 0 Å². The number of methoxy groups -OCH3 is 1. The molecule has 0 bridgehead atoms. The molecular formula is C28H27ClFN3O. The molecule has 3 aromatic carbocycles. The summed E-state index contributed by atoms with van der Waals surface area (Å²) in [5.74, 6) is 0.198. The van der Waals surface area contributed by atoms with Crippen LogP contribution in [0.5, 0.6) is 0 Å². The summed E-state index contributed by atoms with van der Waals surface area (Å²) in [5, 5.41) is 0.376. The van der Waals surface area contributed by atoms with Crippen molar-refractivity contribution < 1.29 is 9.13 Å². The van der Waals surface area contributed by atoms with Gasteiger partial charge in [0.05, 0.1) is 6.10 Å². The number of benzene rings is 3. The molecule has 1 fully saturated rings. The van der Waals surface area contributed by atoms with Crippen molar-refractivity contribution in [1.29, 1.82) is 0 Å². The molecule has 2 spiro atoms. The molecule has 0 aromatic heterocycles. The van der Waals surface area contributed by atoms with Gasteiger partial charge in [-0.3, -0.25) is 4.99 Å². The Bertz CT molecular complexity index is 1330. The highest BCUT2D eigenvalue weighted by Gasteiger charge is 2.62. The van der Waals surface area contributed by atoms with Crippen molar-refractivity contribution in [2.75, 3.05) is 12.8 Å². The number of ether oxygens (including phenoxy) is 1. The predicted molar refractivity (Wildman–Crippen MR) is 135 cm³/mol. The lowest BCUT2D eigenvalue weighted by atomic mass is 9.59. The average Bonchev–Trinajstić information content (AvgIpc) is 3.25. The van der Waals surface area contributed by atoms with Crippen molar-refractivity contribution in [3.05, 3.63) is 87.7 Å². The van der Waals surface area contributed by atoms with Gasteiger partial charge in [-0.05, 0) is 102 Å². The van der Waals surface area contributed by atoms with E-state index in [1.54, 1.807) is 13.2 Å².